The predicted octanol–water partition coefficient (Wildman–Crippen LogP) is 3.09. The molecule has 0 saturated heterocycles. The van der Waals surface area contributed by atoms with Gasteiger partial charge in [-0.1, -0.05) is 0 Å². The number of fused-ring (bicyclic) bond motifs is 2. The third kappa shape index (κ3) is 2.03. The second-order valence-corrected chi connectivity index (χ2v) is 4.70. The molecule has 0 saturated carbocycles. The molecular formula is C15H11NO6. The van der Waals surface area contributed by atoms with Crippen LogP contribution >= 0.6 is 0 Å². The molecule has 0 radical (unpaired) electrons. The van der Waals surface area contributed by atoms with E-state index in [1.807, 2.05) is 12.1 Å². The molecule has 0 fully saturated rings. The van der Waals surface area contributed by atoms with Crippen LogP contribution in [0, 0.1) is 0 Å². The van der Waals surface area contributed by atoms with E-state index in [0.29, 0.717) is 23.7 Å². The Balaban J connectivity index is 1.71. The van der Waals surface area contributed by atoms with Crippen LogP contribution in [0.5, 0.6) is 5.75 Å². The van der Waals surface area contributed by atoms with Gasteiger partial charge < -0.3 is 18.5 Å². The summed E-state index contributed by atoms with van der Waals surface area (Å²) in [4.78, 5) is 25.6. The highest BCUT2D eigenvalue weighted by Gasteiger charge is 2.20. The summed E-state index contributed by atoms with van der Waals surface area (Å²) < 4.78 is 15.9. The molecule has 0 unspecified atom stereocenters. The lowest BCUT2D eigenvalue weighted by Gasteiger charge is -1.95. The molecule has 22 heavy (non-hydrogen) atoms. The maximum Gasteiger partial charge on any atom is 0.375 e. The summed E-state index contributed by atoms with van der Waals surface area (Å²) in [5.74, 6) is 0.796. The number of furan rings is 1. The van der Waals surface area contributed by atoms with Crippen molar-refractivity contribution in [3.8, 4) is 17.4 Å². The summed E-state index contributed by atoms with van der Waals surface area (Å²) in [6.45, 7) is 2.37. The molecule has 1 aromatic carbocycles. The van der Waals surface area contributed by atoms with Crippen molar-refractivity contribution in [2.75, 3.05) is 6.61 Å². The molecule has 1 aliphatic rings. The third-order valence-electron chi connectivity index (χ3n) is 3.26. The first-order valence-corrected chi connectivity index (χ1v) is 6.74. The van der Waals surface area contributed by atoms with Crippen molar-refractivity contribution in [1.82, 2.24) is 4.98 Å². The normalized spacial score (nSPS) is 13.1. The quantitative estimate of drug-likeness (QED) is 0.543. The Kier molecular flexibility index (Phi) is 2.87. The number of hydrogen-bond donors (Lipinski definition) is 0. The summed E-state index contributed by atoms with van der Waals surface area (Å²) >= 11 is 0. The van der Waals surface area contributed by atoms with Gasteiger partial charge in [0.25, 0.3) is 5.89 Å². The van der Waals surface area contributed by atoms with Crippen LogP contribution in [-0.4, -0.2) is 17.6 Å². The SMILES string of the molecule is CCOC(=O)c1cnc(-c2cc3cc4c(cc3o2)COO4)o1. The van der Waals surface area contributed by atoms with E-state index in [4.69, 9.17) is 23.3 Å². The average Bonchev–Trinajstić information content (AvgIpc) is 3.22. The van der Waals surface area contributed by atoms with Crippen LogP contribution in [0.2, 0.25) is 0 Å². The van der Waals surface area contributed by atoms with Crippen molar-refractivity contribution in [1.29, 1.82) is 0 Å². The Hall–Kier alpha value is -2.80. The average molecular weight is 301 g/mol. The van der Waals surface area contributed by atoms with Gasteiger partial charge in [0.05, 0.1) is 12.8 Å². The molecule has 0 aliphatic carbocycles. The molecule has 3 heterocycles. The Morgan fingerprint density at radius 1 is 1.32 bits per heavy atom. The van der Waals surface area contributed by atoms with E-state index >= 15 is 0 Å². The Labute approximate surface area is 124 Å². The van der Waals surface area contributed by atoms with Gasteiger partial charge in [-0.2, -0.15) is 4.89 Å². The number of esters is 1. The van der Waals surface area contributed by atoms with E-state index < -0.39 is 5.97 Å². The van der Waals surface area contributed by atoms with Gasteiger partial charge in [-0.25, -0.2) is 9.78 Å². The topological polar surface area (TPSA) is 83.9 Å². The van der Waals surface area contributed by atoms with Crippen LogP contribution < -0.4 is 4.89 Å². The van der Waals surface area contributed by atoms with Crippen molar-refractivity contribution >= 4 is 16.9 Å². The molecular weight excluding hydrogens is 290 g/mol. The Morgan fingerprint density at radius 2 is 2.23 bits per heavy atom. The first-order chi connectivity index (χ1) is 10.7. The van der Waals surface area contributed by atoms with Gasteiger partial charge in [-0.3, -0.25) is 0 Å². The third-order valence-corrected chi connectivity index (χ3v) is 3.26. The van der Waals surface area contributed by atoms with Crippen molar-refractivity contribution in [2.24, 2.45) is 0 Å². The minimum absolute atomic E-state index is 0.0385. The number of nitrogens with zero attached hydrogens (tertiary/aromatic N) is 1. The number of carbonyl (C=O) groups is 1. The number of rotatable bonds is 3. The van der Waals surface area contributed by atoms with Gasteiger partial charge in [0.15, 0.2) is 11.5 Å². The van der Waals surface area contributed by atoms with Crippen LogP contribution in [0.1, 0.15) is 23.0 Å². The van der Waals surface area contributed by atoms with Gasteiger partial charge in [-0.15, -0.1) is 0 Å². The molecule has 0 N–H and O–H groups in total. The molecule has 1 aliphatic heterocycles. The minimum Gasteiger partial charge on any atom is -0.460 e. The van der Waals surface area contributed by atoms with E-state index in [-0.39, 0.29) is 18.3 Å². The predicted molar refractivity (Wildman–Crippen MR) is 73.1 cm³/mol. The zero-order valence-corrected chi connectivity index (χ0v) is 11.6. The van der Waals surface area contributed by atoms with E-state index in [0.717, 1.165) is 10.9 Å². The number of ether oxygens (including phenoxy) is 1. The number of hydrogen-bond acceptors (Lipinski definition) is 7. The molecule has 7 nitrogen and oxygen atoms in total. The highest BCUT2D eigenvalue weighted by Crippen LogP contribution is 2.35. The van der Waals surface area contributed by atoms with Crippen molar-refractivity contribution in [3.63, 3.8) is 0 Å². The standard InChI is InChI=1S/C15H11NO6/c1-2-18-15(17)13-6-16-14(21-13)12-4-8-3-11-9(7-19-22-11)5-10(8)20-12/h3-6H,2,7H2,1H3. The molecule has 0 amide bonds. The first kappa shape index (κ1) is 12.9. The van der Waals surface area contributed by atoms with Crippen molar-refractivity contribution in [3.05, 3.63) is 35.7 Å². The maximum atomic E-state index is 11.6. The molecule has 2 aromatic heterocycles. The maximum absolute atomic E-state index is 11.6. The molecule has 3 aromatic rings. The van der Waals surface area contributed by atoms with Crippen LogP contribution in [0.15, 0.2) is 33.2 Å². The monoisotopic (exact) mass is 301 g/mol. The van der Waals surface area contributed by atoms with Gasteiger partial charge in [-0.05, 0) is 25.1 Å². The fourth-order valence-corrected chi connectivity index (χ4v) is 2.24. The highest BCUT2D eigenvalue weighted by atomic mass is 17.2. The van der Waals surface area contributed by atoms with E-state index in [2.05, 4.69) is 4.98 Å². The summed E-state index contributed by atoms with van der Waals surface area (Å²) in [6.07, 6.45) is 1.32. The van der Waals surface area contributed by atoms with E-state index in [1.54, 1.807) is 13.0 Å². The summed E-state index contributed by atoms with van der Waals surface area (Å²) in [5, 5.41) is 0.829. The second-order valence-electron chi connectivity index (χ2n) is 4.70. The van der Waals surface area contributed by atoms with E-state index in [1.165, 1.54) is 6.20 Å². The number of benzene rings is 1. The lowest BCUT2D eigenvalue weighted by molar-refractivity contribution is -0.194. The second kappa shape index (κ2) is 4.88. The first-order valence-electron chi connectivity index (χ1n) is 6.74. The van der Waals surface area contributed by atoms with Crippen molar-refractivity contribution < 1.29 is 28.1 Å². The van der Waals surface area contributed by atoms with Crippen LogP contribution in [0.3, 0.4) is 0 Å². The number of oxazole rings is 1. The Morgan fingerprint density at radius 3 is 3.09 bits per heavy atom. The fourth-order valence-electron chi connectivity index (χ4n) is 2.24. The smallest absolute Gasteiger partial charge is 0.375 e. The number of aromatic nitrogens is 1. The summed E-state index contributed by atoms with van der Waals surface area (Å²) in [5.41, 5.74) is 1.58. The van der Waals surface area contributed by atoms with Crippen LogP contribution in [0.4, 0.5) is 0 Å². The van der Waals surface area contributed by atoms with Crippen molar-refractivity contribution in [2.45, 2.75) is 13.5 Å². The van der Waals surface area contributed by atoms with Crippen LogP contribution in [0.25, 0.3) is 22.6 Å². The zero-order chi connectivity index (χ0) is 15.1. The highest BCUT2D eigenvalue weighted by molar-refractivity contribution is 5.87. The van der Waals surface area contributed by atoms with Crippen LogP contribution in [-0.2, 0) is 16.2 Å². The molecule has 112 valence electrons. The minimum atomic E-state index is -0.554. The van der Waals surface area contributed by atoms with E-state index in [9.17, 15) is 4.79 Å². The molecule has 0 atom stereocenters. The largest absolute Gasteiger partial charge is 0.460 e. The molecule has 7 heteroatoms. The molecule has 0 spiro atoms. The number of carbonyl (C=O) groups excluding carboxylic acids is 1. The summed E-state index contributed by atoms with van der Waals surface area (Å²) in [7, 11) is 0. The zero-order valence-electron chi connectivity index (χ0n) is 11.6. The fraction of sp³-hybridized carbons (Fsp3) is 0.200. The summed E-state index contributed by atoms with van der Waals surface area (Å²) in [6, 6.07) is 5.42. The van der Waals surface area contributed by atoms with Gasteiger partial charge in [0.2, 0.25) is 5.76 Å². The molecule has 0 bridgehead atoms. The van der Waals surface area contributed by atoms with Gasteiger partial charge in [0, 0.05) is 10.9 Å². The Bertz CT molecular complexity index is 821. The van der Waals surface area contributed by atoms with Gasteiger partial charge in [0.1, 0.15) is 12.2 Å². The lowest BCUT2D eigenvalue weighted by Crippen LogP contribution is -2.02. The molecule has 4 rings (SSSR count). The van der Waals surface area contributed by atoms with Gasteiger partial charge >= 0.3 is 5.97 Å². The lowest BCUT2D eigenvalue weighted by atomic mass is 10.1.